The van der Waals surface area contributed by atoms with Gasteiger partial charge in [0.2, 0.25) is 5.91 Å². The summed E-state index contributed by atoms with van der Waals surface area (Å²) in [4.78, 5) is 18.3. The van der Waals surface area contributed by atoms with Crippen LogP contribution in [-0.2, 0) is 4.79 Å². The van der Waals surface area contributed by atoms with Crippen molar-refractivity contribution < 1.29 is 4.79 Å². The van der Waals surface area contributed by atoms with E-state index in [0.717, 1.165) is 25.9 Å². The minimum Gasteiger partial charge on any atom is -0.320 e. The Morgan fingerprint density at radius 2 is 2.19 bits per heavy atom. The van der Waals surface area contributed by atoms with E-state index in [1.807, 2.05) is 0 Å². The first-order valence-corrected chi connectivity index (χ1v) is 8.48. The molecule has 1 aliphatic heterocycles. The molecule has 0 radical (unpaired) electrons. The number of hydrogen-bond acceptors (Lipinski definition) is 4. The molecule has 1 saturated carbocycles. The Morgan fingerprint density at radius 3 is 2.71 bits per heavy atom. The molecule has 1 aromatic heterocycles. The molecule has 1 aromatic rings. The fraction of sp³-hybridized carbons (Fsp3) is 0.688. The van der Waals surface area contributed by atoms with Gasteiger partial charge in [-0.05, 0) is 43.8 Å². The second kappa shape index (κ2) is 5.07. The topological polar surface area (TPSA) is 35.6 Å². The Morgan fingerprint density at radius 1 is 1.48 bits per heavy atom. The van der Waals surface area contributed by atoms with E-state index < -0.39 is 0 Å². The van der Waals surface area contributed by atoms with Crippen LogP contribution in [0.25, 0.3) is 0 Å². The van der Waals surface area contributed by atoms with Gasteiger partial charge in [-0.2, -0.15) is 0 Å². The van der Waals surface area contributed by atoms with E-state index in [0.29, 0.717) is 5.91 Å². The van der Waals surface area contributed by atoms with Crippen molar-refractivity contribution in [3.05, 3.63) is 22.4 Å². The lowest BCUT2D eigenvalue weighted by Crippen LogP contribution is -2.43. The Balaban J connectivity index is 1.82. The largest absolute Gasteiger partial charge is 0.320 e. The van der Waals surface area contributed by atoms with Gasteiger partial charge in [0.05, 0.1) is 0 Å². The fourth-order valence-corrected chi connectivity index (χ4v) is 4.27. The highest BCUT2D eigenvalue weighted by molar-refractivity contribution is 7.10. The van der Waals surface area contributed by atoms with Crippen LogP contribution in [0, 0.1) is 5.41 Å². The van der Waals surface area contributed by atoms with Gasteiger partial charge in [0.15, 0.2) is 0 Å². The van der Waals surface area contributed by atoms with Gasteiger partial charge in [0, 0.05) is 18.0 Å². The van der Waals surface area contributed by atoms with Crippen molar-refractivity contribution >= 4 is 17.2 Å². The Bertz CT molecular complexity index is 520. The Hall–Kier alpha value is -0.910. The van der Waals surface area contributed by atoms with Gasteiger partial charge in [0.1, 0.15) is 11.7 Å². The fourth-order valence-electron chi connectivity index (χ4n) is 3.48. The maximum Gasteiger partial charge on any atom is 0.244 e. The van der Waals surface area contributed by atoms with E-state index in [9.17, 15) is 4.79 Å². The van der Waals surface area contributed by atoms with Gasteiger partial charge in [-0.25, -0.2) is 0 Å². The molecule has 3 rings (SSSR count). The van der Waals surface area contributed by atoms with Crippen LogP contribution in [0.1, 0.15) is 37.7 Å². The predicted octanol–water partition coefficient (Wildman–Crippen LogP) is 2.30. The zero-order valence-electron chi connectivity index (χ0n) is 13.3. The quantitative estimate of drug-likeness (QED) is 0.906. The van der Waals surface area contributed by atoms with E-state index in [1.54, 1.807) is 11.3 Å². The second-order valence-corrected chi connectivity index (χ2v) is 8.46. The van der Waals surface area contributed by atoms with Crippen LogP contribution < -0.4 is 5.32 Å². The number of amides is 1. The average Bonchev–Trinajstić information content (AvgIpc) is 2.85. The van der Waals surface area contributed by atoms with Gasteiger partial charge in [-0.3, -0.25) is 10.1 Å². The summed E-state index contributed by atoms with van der Waals surface area (Å²) in [6, 6.07) is 4.19. The van der Waals surface area contributed by atoms with Gasteiger partial charge >= 0.3 is 0 Å². The minimum absolute atomic E-state index is 0.0569. The van der Waals surface area contributed by atoms with Crippen molar-refractivity contribution in [2.45, 2.75) is 38.4 Å². The van der Waals surface area contributed by atoms with E-state index in [-0.39, 0.29) is 17.1 Å². The molecule has 1 unspecified atom stereocenters. The summed E-state index contributed by atoms with van der Waals surface area (Å²) in [7, 11) is 4.18. The summed E-state index contributed by atoms with van der Waals surface area (Å²) >= 11 is 1.73. The number of nitrogens with one attached hydrogen (secondary N) is 1. The molecule has 21 heavy (non-hydrogen) atoms. The van der Waals surface area contributed by atoms with Crippen molar-refractivity contribution in [1.82, 2.24) is 15.1 Å². The minimum atomic E-state index is -0.247. The van der Waals surface area contributed by atoms with Crippen LogP contribution in [0.3, 0.4) is 0 Å². The van der Waals surface area contributed by atoms with E-state index in [2.05, 4.69) is 60.6 Å². The summed E-state index contributed by atoms with van der Waals surface area (Å²) < 4.78 is 0. The summed E-state index contributed by atoms with van der Waals surface area (Å²) in [5, 5.41) is 5.68. The molecule has 2 fully saturated rings. The third-order valence-electron chi connectivity index (χ3n) is 4.30. The maximum atomic E-state index is 12.8. The van der Waals surface area contributed by atoms with E-state index in [4.69, 9.17) is 0 Å². The molecule has 0 bridgehead atoms. The lowest BCUT2D eigenvalue weighted by molar-refractivity contribution is -0.132. The van der Waals surface area contributed by atoms with Crippen molar-refractivity contribution in [2.75, 3.05) is 27.2 Å². The van der Waals surface area contributed by atoms with Crippen LogP contribution in [0.5, 0.6) is 0 Å². The number of thiophene rings is 1. The Kier molecular flexibility index (Phi) is 3.62. The average molecular weight is 307 g/mol. The number of carbonyl (C=O) groups is 1. The van der Waals surface area contributed by atoms with E-state index in [1.165, 1.54) is 4.88 Å². The highest BCUT2D eigenvalue weighted by Crippen LogP contribution is 2.47. The normalized spacial score (nSPS) is 24.3. The maximum absolute atomic E-state index is 12.8. The third-order valence-corrected chi connectivity index (χ3v) is 5.22. The predicted molar refractivity (Wildman–Crippen MR) is 86.2 cm³/mol. The van der Waals surface area contributed by atoms with Crippen LogP contribution in [-0.4, -0.2) is 48.4 Å². The highest BCUT2D eigenvalue weighted by Gasteiger charge is 2.59. The van der Waals surface area contributed by atoms with Crippen molar-refractivity contribution in [3.8, 4) is 0 Å². The van der Waals surface area contributed by atoms with Crippen LogP contribution in [0.4, 0.5) is 0 Å². The molecule has 1 aliphatic carbocycles. The molecular weight excluding hydrogens is 282 g/mol. The summed E-state index contributed by atoms with van der Waals surface area (Å²) in [5.74, 6) is 0.299. The highest BCUT2D eigenvalue weighted by atomic mass is 32.1. The first-order chi connectivity index (χ1) is 9.83. The number of hydrogen-bond donors (Lipinski definition) is 1. The number of carbonyl (C=O) groups excluding carboxylic acids is 1. The molecule has 1 saturated heterocycles. The van der Waals surface area contributed by atoms with Crippen LogP contribution in [0.15, 0.2) is 17.5 Å². The monoisotopic (exact) mass is 307 g/mol. The molecule has 5 heteroatoms. The van der Waals surface area contributed by atoms with Crippen molar-refractivity contribution in [1.29, 1.82) is 0 Å². The molecule has 0 aromatic carbocycles. The first-order valence-electron chi connectivity index (χ1n) is 7.60. The zero-order chi connectivity index (χ0) is 15.3. The van der Waals surface area contributed by atoms with Crippen LogP contribution in [0.2, 0.25) is 0 Å². The molecule has 1 N–H and O–H groups in total. The molecule has 1 atom stereocenters. The molecule has 1 spiro atoms. The van der Waals surface area contributed by atoms with Gasteiger partial charge in [0.25, 0.3) is 0 Å². The van der Waals surface area contributed by atoms with Crippen molar-refractivity contribution in [2.24, 2.45) is 5.41 Å². The van der Waals surface area contributed by atoms with E-state index >= 15 is 0 Å². The Labute approximate surface area is 131 Å². The molecule has 2 aliphatic rings. The molecule has 4 nitrogen and oxygen atoms in total. The third kappa shape index (κ3) is 2.87. The second-order valence-electron chi connectivity index (χ2n) is 7.48. The lowest BCUT2D eigenvalue weighted by atomic mass is 9.92. The van der Waals surface area contributed by atoms with Gasteiger partial charge in [-0.1, -0.05) is 19.9 Å². The number of nitrogens with zero attached hydrogens (tertiary/aromatic N) is 2. The van der Waals surface area contributed by atoms with Gasteiger partial charge in [-0.15, -0.1) is 11.3 Å². The zero-order valence-corrected chi connectivity index (χ0v) is 14.2. The molecule has 2 heterocycles. The number of rotatable bonds is 5. The van der Waals surface area contributed by atoms with Crippen molar-refractivity contribution in [3.63, 3.8) is 0 Å². The SMILES string of the molecule is CN(C)CC(C)(C)CN1C(=O)C2(CC2)NC1c1cccs1. The molecular formula is C16H25N3OS. The standard InChI is InChI=1S/C16H25N3OS/c1-15(2,10-18(3)4)11-19-13(12-6-5-9-21-12)17-16(7-8-16)14(19)20/h5-6,9,13,17H,7-8,10-11H2,1-4H3. The van der Waals surface area contributed by atoms with Crippen LogP contribution >= 0.6 is 11.3 Å². The lowest BCUT2D eigenvalue weighted by Gasteiger charge is -2.35. The first kappa shape index (κ1) is 15.0. The van der Waals surface area contributed by atoms with Gasteiger partial charge < -0.3 is 9.80 Å². The summed E-state index contributed by atoms with van der Waals surface area (Å²) in [6.07, 6.45) is 2.03. The molecule has 116 valence electrons. The smallest absolute Gasteiger partial charge is 0.244 e. The summed E-state index contributed by atoms with van der Waals surface area (Å²) in [5.41, 5.74) is -0.167. The summed E-state index contributed by atoms with van der Waals surface area (Å²) in [6.45, 7) is 6.25. The molecule has 1 amide bonds.